The van der Waals surface area contributed by atoms with Crippen molar-refractivity contribution in [1.82, 2.24) is 10.6 Å². The topological polar surface area (TPSA) is 41.1 Å². The van der Waals surface area contributed by atoms with Gasteiger partial charge >= 0.3 is 0 Å². The Bertz CT molecular complexity index is 368. The molecule has 1 rings (SSSR count). The third-order valence-corrected chi connectivity index (χ3v) is 3.40. The van der Waals surface area contributed by atoms with Crippen molar-refractivity contribution in [1.29, 1.82) is 0 Å². The lowest BCUT2D eigenvalue weighted by Gasteiger charge is -2.15. The Morgan fingerprint density at radius 1 is 1.41 bits per heavy atom. The first kappa shape index (κ1) is 14.2. The van der Waals surface area contributed by atoms with Crippen molar-refractivity contribution >= 4 is 21.8 Å². The van der Waals surface area contributed by atoms with Crippen molar-refractivity contribution in [3.05, 3.63) is 34.3 Å². The molecule has 0 aliphatic rings. The predicted molar refractivity (Wildman–Crippen MR) is 73.9 cm³/mol. The Morgan fingerprint density at radius 2 is 2.12 bits per heavy atom. The molecule has 0 saturated heterocycles. The lowest BCUT2D eigenvalue weighted by molar-refractivity contribution is -0.120. The fourth-order valence-electron chi connectivity index (χ4n) is 1.63. The number of amides is 1. The maximum absolute atomic E-state index is 11.0. The van der Waals surface area contributed by atoms with Gasteiger partial charge in [0.25, 0.3) is 0 Å². The molecule has 0 unspecified atom stereocenters. The van der Waals surface area contributed by atoms with Crippen LogP contribution in [0, 0.1) is 0 Å². The van der Waals surface area contributed by atoms with Crippen molar-refractivity contribution in [2.45, 2.75) is 25.8 Å². The Kier molecular flexibility index (Phi) is 6.22. The number of carbonyl (C=O) groups is 1. The van der Waals surface area contributed by atoms with Crippen molar-refractivity contribution in [3.63, 3.8) is 0 Å². The Morgan fingerprint density at radius 3 is 2.76 bits per heavy atom. The fourth-order valence-corrected chi connectivity index (χ4v) is 2.26. The summed E-state index contributed by atoms with van der Waals surface area (Å²) in [4.78, 5) is 11.0. The van der Waals surface area contributed by atoms with E-state index in [0.29, 0.717) is 6.42 Å². The number of halogens is 1. The maximum atomic E-state index is 11.0. The van der Waals surface area contributed by atoms with Gasteiger partial charge in [0.05, 0.1) is 0 Å². The number of rotatable bonds is 6. The van der Waals surface area contributed by atoms with E-state index in [1.165, 1.54) is 5.56 Å². The molecule has 17 heavy (non-hydrogen) atoms. The molecule has 0 aromatic heterocycles. The van der Waals surface area contributed by atoms with Crippen molar-refractivity contribution in [3.8, 4) is 0 Å². The molecule has 1 aromatic carbocycles. The van der Waals surface area contributed by atoms with Crippen molar-refractivity contribution in [2.24, 2.45) is 0 Å². The van der Waals surface area contributed by atoms with E-state index in [-0.39, 0.29) is 11.9 Å². The van der Waals surface area contributed by atoms with Gasteiger partial charge in [-0.15, -0.1) is 0 Å². The van der Waals surface area contributed by atoms with Crippen LogP contribution in [-0.4, -0.2) is 19.5 Å². The molecule has 0 bridgehead atoms. The maximum Gasteiger partial charge on any atom is 0.219 e. The molecule has 0 aliphatic heterocycles. The van der Waals surface area contributed by atoms with Gasteiger partial charge in [0.1, 0.15) is 0 Å². The van der Waals surface area contributed by atoms with Crippen LogP contribution in [0.5, 0.6) is 0 Å². The molecule has 0 saturated carbocycles. The highest BCUT2D eigenvalue weighted by molar-refractivity contribution is 9.10. The van der Waals surface area contributed by atoms with Crippen LogP contribution >= 0.6 is 15.9 Å². The van der Waals surface area contributed by atoms with E-state index in [9.17, 15) is 4.79 Å². The molecule has 1 amide bonds. The molecule has 2 N–H and O–H groups in total. The van der Waals surface area contributed by atoms with Crippen LogP contribution in [0.25, 0.3) is 0 Å². The first-order chi connectivity index (χ1) is 8.15. The van der Waals surface area contributed by atoms with Crippen LogP contribution in [0.15, 0.2) is 28.7 Å². The molecule has 0 fully saturated rings. The zero-order valence-corrected chi connectivity index (χ0v) is 11.9. The van der Waals surface area contributed by atoms with Gasteiger partial charge in [-0.2, -0.15) is 0 Å². The minimum atomic E-state index is 0.0975. The molecule has 0 heterocycles. The Labute approximate surface area is 111 Å². The van der Waals surface area contributed by atoms with Crippen LogP contribution < -0.4 is 10.6 Å². The highest BCUT2D eigenvalue weighted by atomic mass is 79.9. The molecule has 94 valence electrons. The summed E-state index contributed by atoms with van der Waals surface area (Å²) >= 11 is 3.54. The SMILES string of the molecule is CNC(=O)CCCN[C@H](C)c1ccccc1Br. The average molecular weight is 299 g/mol. The molecule has 1 aromatic rings. The van der Waals surface area contributed by atoms with Crippen LogP contribution in [-0.2, 0) is 4.79 Å². The van der Waals surface area contributed by atoms with E-state index in [1.807, 2.05) is 18.2 Å². The second-order valence-corrected chi connectivity index (χ2v) is 4.83. The van der Waals surface area contributed by atoms with Crippen LogP contribution in [0.4, 0.5) is 0 Å². The van der Waals surface area contributed by atoms with E-state index in [4.69, 9.17) is 0 Å². The second kappa shape index (κ2) is 7.45. The van der Waals surface area contributed by atoms with Crippen molar-refractivity contribution in [2.75, 3.05) is 13.6 Å². The number of nitrogens with one attached hydrogen (secondary N) is 2. The third-order valence-electron chi connectivity index (χ3n) is 2.68. The van der Waals surface area contributed by atoms with Gasteiger partial charge in [0.15, 0.2) is 0 Å². The first-order valence-corrected chi connectivity index (χ1v) is 6.63. The molecule has 1 atom stereocenters. The van der Waals surface area contributed by atoms with Gasteiger partial charge in [-0.3, -0.25) is 4.79 Å². The summed E-state index contributed by atoms with van der Waals surface area (Å²) in [6.45, 7) is 2.97. The minimum Gasteiger partial charge on any atom is -0.359 e. The van der Waals surface area contributed by atoms with Crippen LogP contribution in [0.1, 0.15) is 31.4 Å². The number of hydrogen-bond donors (Lipinski definition) is 2. The number of carbonyl (C=O) groups excluding carboxylic acids is 1. The largest absolute Gasteiger partial charge is 0.359 e. The van der Waals surface area contributed by atoms with Crippen LogP contribution in [0.3, 0.4) is 0 Å². The first-order valence-electron chi connectivity index (χ1n) is 5.83. The van der Waals surface area contributed by atoms with Gasteiger partial charge in [-0.25, -0.2) is 0 Å². The normalized spacial score (nSPS) is 12.2. The highest BCUT2D eigenvalue weighted by Gasteiger charge is 2.07. The molecule has 0 spiro atoms. The van der Waals surface area contributed by atoms with Gasteiger partial charge in [0, 0.05) is 24.0 Å². The summed E-state index contributed by atoms with van der Waals surface area (Å²) in [7, 11) is 1.67. The average Bonchev–Trinajstić information content (AvgIpc) is 2.34. The van der Waals surface area contributed by atoms with E-state index in [0.717, 1.165) is 17.4 Å². The summed E-state index contributed by atoms with van der Waals surface area (Å²) in [5, 5.41) is 6.03. The van der Waals surface area contributed by atoms with Gasteiger partial charge in [-0.05, 0) is 31.5 Å². The minimum absolute atomic E-state index is 0.0975. The molecule has 0 radical (unpaired) electrons. The Hall–Kier alpha value is -0.870. The second-order valence-electron chi connectivity index (χ2n) is 3.97. The van der Waals surface area contributed by atoms with Gasteiger partial charge < -0.3 is 10.6 Å². The predicted octanol–water partition coefficient (Wildman–Crippen LogP) is 2.63. The summed E-state index contributed by atoms with van der Waals surface area (Å²) in [5.74, 6) is 0.0975. The van der Waals surface area contributed by atoms with Crippen LogP contribution in [0.2, 0.25) is 0 Å². The Balaban J connectivity index is 2.33. The zero-order chi connectivity index (χ0) is 12.7. The van der Waals surface area contributed by atoms with E-state index in [2.05, 4.69) is 39.6 Å². The smallest absolute Gasteiger partial charge is 0.219 e. The summed E-state index contributed by atoms with van der Waals surface area (Å²) in [6, 6.07) is 8.46. The molecular formula is C13H19BrN2O. The highest BCUT2D eigenvalue weighted by Crippen LogP contribution is 2.22. The van der Waals surface area contributed by atoms with E-state index < -0.39 is 0 Å². The summed E-state index contributed by atoms with van der Waals surface area (Å²) in [6.07, 6.45) is 1.43. The lowest BCUT2D eigenvalue weighted by Crippen LogP contribution is -2.23. The van der Waals surface area contributed by atoms with E-state index in [1.54, 1.807) is 7.05 Å². The number of benzene rings is 1. The van der Waals surface area contributed by atoms with Crippen molar-refractivity contribution < 1.29 is 4.79 Å². The quantitative estimate of drug-likeness (QED) is 0.793. The lowest BCUT2D eigenvalue weighted by atomic mass is 10.1. The molecule has 3 nitrogen and oxygen atoms in total. The van der Waals surface area contributed by atoms with Gasteiger partial charge in [0.2, 0.25) is 5.91 Å². The molecule has 4 heteroatoms. The van der Waals surface area contributed by atoms with Gasteiger partial charge in [-0.1, -0.05) is 34.1 Å². The van der Waals surface area contributed by atoms with E-state index >= 15 is 0 Å². The molecular weight excluding hydrogens is 280 g/mol. The third kappa shape index (κ3) is 4.88. The molecule has 0 aliphatic carbocycles. The monoisotopic (exact) mass is 298 g/mol. The summed E-state index contributed by atoms with van der Waals surface area (Å²) in [5.41, 5.74) is 1.24. The standard InChI is InChI=1S/C13H19BrN2O/c1-10(11-6-3-4-7-12(11)14)16-9-5-8-13(17)15-2/h3-4,6-7,10,16H,5,8-9H2,1-2H3,(H,15,17)/t10-/m1/s1. The summed E-state index contributed by atoms with van der Waals surface area (Å²) < 4.78 is 1.12. The zero-order valence-electron chi connectivity index (χ0n) is 10.3. The fraction of sp³-hybridized carbons (Fsp3) is 0.462. The number of hydrogen-bond acceptors (Lipinski definition) is 2.